The molecule has 1 atom stereocenters. The van der Waals surface area contributed by atoms with Gasteiger partial charge in [-0.1, -0.05) is 0 Å². The Morgan fingerprint density at radius 2 is 2.50 bits per heavy atom. The van der Waals surface area contributed by atoms with E-state index in [4.69, 9.17) is 5.26 Å². The number of carbonyl (C=O) groups is 1. The van der Waals surface area contributed by atoms with Crippen LogP contribution in [0.2, 0.25) is 0 Å². The number of rotatable bonds is 1. The number of hydrogen-bond acceptors (Lipinski definition) is 4. The molecule has 0 bridgehead atoms. The molecular formula is C6H11NO3. The summed E-state index contributed by atoms with van der Waals surface area (Å²) in [5.74, 6) is -0.593. The summed E-state index contributed by atoms with van der Waals surface area (Å²) in [5.41, 5.74) is -0.658. The Hall–Kier alpha value is -0.610. The lowest BCUT2D eigenvalue weighted by Gasteiger charge is -2.18. The van der Waals surface area contributed by atoms with Crippen molar-refractivity contribution in [3.63, 3.8) is 0 Å². The van der Waals surface area contributed by atoms with E-state index in [-0.39, 0.29) is 0 Å². The van der Waals surface area contributed by atoms with Gasteiger partial charge in [0.15, 0.2) is 0 Å². The molecule has 4 heteroatoms. The van der Waals surface area contributed by atoms with Crippen LogP contribution >= 0.6 is 0 Å². The Balaban J connectivity index is 2.58. The Kier molecular flexibility index (Phi) is 1.92. The lowest BCUT2D eigenvalue weighted by atomic mass is 10.0. The zero-order chi connectivity index (χ0) is 7.61. The second kappa shape index (κ2) is 2.56. The molecule has 0 radical (unpaired) electrons. The van der Waals surface area contributed by atoms with Crippen LogP contribution in [0, 0.1) is 0 Å². The highest BCUT2D eigenvalue weighted by Crippen LogP contribution is 2.19. The van der Waals surface area contributed by atoms with Crippen LogP contribution < -0.4 is 5.32 Å². The predicted octanol–water partition coefficient (Wildman–Crippen LogP) is 0.145. The minimum atomic E-state index is -0.658. The van der Waals surface area contributed by atoms with Gasteiger partial charge in [-0.05, 0) is 26.3 Å². The lowest BCUT2D eigenvalue weighted by molar-refractivity contribution is -0.240. The van der Waals surface area contributed by atoms with E-state index in [1.807, 2.05) is 0 Å². The summed E-state index contributed by atoms with van der Waals surface area (Å²) in [6, 6.07) is 0. The van der Waals surface area contributed by atoms with Gasteiger partial charge in [0.25, 0.3) is 0 Å². The molecule has 1 saturated heterocycles. The first-order chi connectivity index (χ1) is 4.69. The fourth-order valence-electron chi connectivity index (χ4n) is 1.17. The van der Waals surface area contributed by atoms with Crippen molar-refractivity contribution in [2.45, 2.75) is 25.3 Å². The van der Waals surface area contributed by atoms with Crippen molar-refractivity contribution in [1.82, 2.24) is 5.32 Å². The molecule has 10 heavy (non-hydrogen) atoms. The first-order valence-electron chi connectivity index (χ1n) is 3.30. The molecule has 0 spiro atoms. The van der Waals surface area contributed by atoms with Crippen molar-refractivity contribution in [2.75, 3.05) is 6.54 Å². The molecule has 4 nitrogen and oxygen atoms in total. The number of carbonyl (C=O) groups excluding carboxylic acids is 1. The maximum Gasteiger partial charge on any atom is 0.361 e. The fourth-order valence-corrected chi connectivity index (χ4v) is 1.17. The van der Waals surface area contributed by atoms with Crippen molar-refractivity contribution in [3.8, 4) is 0 Å². The fraction of sp³-hybridized carbons (Fsp3) is 0.833. The van der Waals surface area contributed by atoms with E-state index in [0.29, 0.717) is 0 Å². The maximum absolute atomic E-state index is 10.8. The van der Waals surface area contributed by atoms with Gasteiger partial charge < -0.3 is 5.32 Å². The monoisotopic (exact) mass is 145 g/mol. The van der Waals surface area contributed by atoms with Gasteiger partial charge in [-0.25, -0.2) is 4.79 Å². The van der Waals surface area contributed by atoms with Crippen LogP contribution in [-0.2, 0) is 9.68 Å². The van der Waals surface area contributed by atoms with Crippen molar-refractivity contribution < 1.29 is 14.9 Å². The summed E-state index contributed by atoms with van der Waals surface area (Å²) in [6.45, 7) is 2.53. The molecule has 0 unspecified atom stereocenters. The highest BCUT2D eigenvalue weighted by Gasteiger charge is 2.37. The van der Waals surface area contributed by atoms with Gasteiger partial charge in [-0.3, -0.25) is 4.89 Å². The normalized spacial score (nSPS) is 32.2. The number of nitrogens with one attached hydrogen (secondary N) is 1. The molecule has 0 aliphatic carbocycles. The first-order valence-corrected chi connectivity index (χ1v) is 3.30. The quantitative estimate of drug-likeness (QED) is 0.407. The third-order valence-electron chi connectivity index (χ3n) is 1.90. The summed E-state index contributed by atoms with van der Waals surface area (Å²) in [7, 11) is 0. The minimum Gasteiger partial charge on any atom is -0.302 e. The van der Waals surface area contributed by atoms with Crippen LogP contribution in [0.15, 0.2) is 0 Å². The molecule has 0 amide bonds. The molecule has 58 valence electrons. The van der Waals surface area contributed by atoms with Crippen LogP contribution in [0.1, 0.15) is 19.8 Å². The molecule has 2 N–H and O–H groups in total. The summed E-state index contributed by atoms with van der Waals surface area (Å²) in [5, 5.41) is 11.0. The Morgan fingerprint density at radius 1 is 1.80 bits per heavy atom. The summed E-state index contributed by atoms with van der Waals surface area (Å²) in [4.78, 5) is 14.4. The highest BCUT2D eigenvalue weighted by molar-refractivity contribution is 5.80. The van der Waals surface area contributed by atoms with Gasteiger partial charge in [-0.15, -0.1) is 0 Å². The second-order valence-electron chi connectivity index (χ2n) is 2.74. The average molecular weight is 145 g/mol. The van der Waals surface area contributed by atoms with E-state index in [0.717, 1.165) is 19.4 Å². The third-order valence-corrected chi connectivity index (χ3v) is 1.90. The largest absolute Gasteiger partial charge is 0.361 e. The van der Waals surface area contributed by atoms with E-state index >= 15 is 0 Å². The van der Waals surface area contributed by atoms with Crippen LogP contribution in [0.25, 0.3) is 0 Å². The van der Waals surface area contributed by atoms with Crippen LogP contribution in [-0.4, -0.2) is 23.3 Å². The molecule has 1 heterocycles. The zero-order valence-corrected chi connectivity index (χ0v) is 5.89. The van der Waals surface area contributed by atoms with Crippen LogP contribution in [0.3, 0.4) is 0 Å². The van der Waals surface area contributed by atoms with Gasteiger partial charge >= 0.3 is 5.97 Å². The Bertz CT molecular complexity index is 140. The van der Waals surface area contributed by atoms with Gasteiger partial charge in [0, 0.05) is 0 Å². The maximum atomic E-state index is 10.8. The van der Waals surface area contributed by atoms with E-state index in [2.05, 4.69) is 10.2 Å². The molecule has 1 aliphatic heterocycles. The summed E-state index contributed by atoms with van der Waals surface area (Å²) in [6.07, 6.45) is 1.68. The van der Waals surface area contributed by atoms with Gasteiger partial charge in [-0.2, -0.15) is 5.26 Å². The van der Waals surface area contributed by atoms with Crippen molar-refractivity contribution >= 4 is 5.97 Å². The third kappa shape index (κ3) is 1.12. The summed E-state index contributed by atoms with van der Waals surface area (Å²) >= 11 is 0. The second-order valence-corrected chi connectivity index (χ2v) is 2.74. The van der Waals surface area contributed by atoms with E-state index < -0.39 is 11.5 Å². The standard InChI is InChI=1S/C6H11NO3/c1-6(5(8)10-9)3-2-4-7-6/h7,9H,2-4H2,1H3/t6-/m0/s1. The zero-order valence-electron chi connectivity index (χ0n) is 5.89. The minimum absolute atomic E-state index is 0.593. The molecule has 0 aromatic rings. The molecule has 0 aromatic carbocycles. The highest BCUT2D eigenvalue weighted by atomic mass is 17.1. The molecule has 1 rings (SSSR count). The van der Waals surface area contributed by atoms with Crippen molar-refractivity contribution in [2.24, 2.45) is 0 Å². The van der Waals surface area contributed by atoms with E-state index in [1.54, 1.807) is 6.92 Å². The topological polar surface area (TPSA) is 58.6 Å². The smallest absolute Gasteiger partial charge is 0.302 e. The number of hydrogen-bond donors (Lipinski definition) is 2. The average Bonchev–Trinajstić information content (AvgIpc) is 2.36. The lowest BCUT2D eigenvalue weighted by Crippen LogP contribution is -2.45. The first kappa shape index (κ1) is 7.50. The Morgan fingerprint density at radius 3 is 2.90 bits per heavy atom. The van der Waals surface area contributed by atoms with Crippen LogP contribution in [0.5, 0.6) is 0 Å². The van der Waals surface area contributed by atoms with Gasteiger partial charge in [0.2, 0.25) is 0 Å². The van der Waals surface area contributed by atoms with Crippen LogP contribution in [0.4, 0.5) is 0 Å². The van der Waals surface area contributed by atoms with E-state index in [1.165, 1.54) is 0 Å². The van der Waals surface area contributed by atoms with Gasteiger partial charge in [0.05, 0.1) is 0 Å². The Labute approximate surface area is 59.1 Å². The molecule has 0 aromatic heterocycles. The molecule has 1 aliphatic rings. The molecule has 0 saturated carbocycles. The van der Waals surface area contributed by atoms with Crippen molar-refractivity contribution in [1.29, 1.82) is 0 Å². The SMILES string of the molecule is C[C@@]1(C(=O)OO)CCCN1. The van der Waals surface area contributed by atoms with Gasteiger partial charge in [0.1, 0.15) is 5.54 Å². The van der Waals surface area contributed by atoms with Crippen molar-refractivity contribution in [3.05, 3.63) is 0 Å². The van der Waals surface area contributed by atoms with E-state index in [9.17, 15) is 4.79 Å². The predicted molar refractivity (Wildman–Crippen MR) is 34.4 cm³/mol. The summed E-state index contributed by atoms with van der Waals surface area (Å²) < 4.78 is 0. The molecule has 1 fully saturated rings. The molecular weight excluding hydrogens is 134 g/mol.